The van der Waals surface area contributed by atoms with Crippen LogP contribution >= 0.6 is 11.6 Å². The first-order chi connectivity index (χ1) is 18.4. The van der Waals surface area contributed by atoms with Gasteiger partial charge in [0, 0.05) is 11.6 Å². The summed E-state index contributed by atoms with van der Waals surface area (Å²) in [5.74, 6) is 0.252. The number of unbranched alkanes of at least 4 members (excludes halogenated alkanes) is 2. The number of hydrogen-bond donors (Lipinski definition) is 4. The Morgan fingerprint density at radius 1 is 1.03 bits per heavy atom. The van der Waals surface area contributed by atoms with Gasteiger partial charge in [0.1, 0.15) is 30.2 Å². The van der Waals surface area contributed by atoms with Gasteiger partial charge in [-0.2, -0.15) is 9.59 Å². The lowest BCUT2D eigenvalue weighted by Gasteiger charge is -2.26. The summed E-state index contributed by atoms with van der Waals surface area (Å²) in [6.45, 7) is 2.76. The number of fused-ring (bicyclic) bond motifs is 1. The van der Waals surface area contributed by atoms with Crippen LogP contribution in [0.25, 0.3) is 11.2 Å². The van der Waals surface area contributed by atoms with E-state index >= 15 is 0 Å². The van der Waals surface area contributed by atoms with Gasteiger partial charge in [-0.15, -0.1) is 0 Å². The van der Waals surface area contributed by atoms with Gasteiger partial charge < -0.3 is 31.3 Å². The van der Waals surface area contributed by atoms with E-state index in [2.05, 4.69) is 32.0 Å². The fraction of sp³-hybridized carbons (Fsp3) is 0.538. The quantitative estimate of drug-likeness (QED) is 0.236. The summed E-state index contributed by atoms with van der Waals surface area (Å²) < 4.78 is 7.72. The van der Waals surface area contributed by atoms with Crippen molar-refractivity contribution in [3.05, 3.63) is 47.5 Å². The molecule has 13 heteroatoms. The number of rotatable bonds is 12. The Hall–Kier alpha value is -2.96. The van der Waals surface area contributed by atoms with Gasteiger partial charge >= 0.3 is 6.15 Å². The van der Waals surface area contributed by atoms with Gasteiger partial charge in [-0.05, 0) is 63.0 Å². The molecule has 4 rings (SSSR count). The van der Waals surface area contributed by atoms with Crippen LogP contribution in [0.3, 0.4) is 0 Å². The molecule has 214 valence electrons. The van der Waals surface area contributed by atoms with Crippen molar-refractivity contribution in [2.24, 2.45) is 5.73 Å². The number of aliphatic hydroxyl groups is 2. The van der Waals surface area contributed by atoms with Crippen LogP contribution in [0.5, 0.6) is 0 Å². The molecule has 1 aliphatic rings. The second-order valence-corrected chi connectivity index (χ2v) is 9.53. The van der Waals surface area contributed by atoms with Crippen LogP contribution in [0, 0.1) is 0 Å². The summed E-state index contributed by atoms with van der Waals surface area (Å²) in [5.41, 5.74) is 13.8. The number of imidazole rings is 1. The molecule has 3 heterocycles. The molecule has 12 nitrogen and oxygen atoms in total. The van der Waals surface area contributed by atoms with E-state index < -0.39 is 24.5 Å². The highest BCUT2D eigenvalue weighted by Gasteiger charge is 2.44. The molecule has 0 radical (unpaired) electrons. The number of hydrogen-bond acceptors (Lipinski definition) is 11. The van der Waals surface area contributed by atoms with E-state index in [9.17, 15) is 10.2 Å². The maximum Gasteiger partial charge on any atom is 0.373 e. The molecule has 39 heavy (non-hydrogen) atoms. The second-order valence-electron chi connectivity index (χ2n) is 9.09. The average molecular weight is 564 g/mol. The van der Waals surface area contributed by atoms with Gasteiger partial charge in [-0.25, -0.2) is 15.0 Å². The number of nitrogens with zero attached hydrogens (tertiary/aromatic N) is 5. The number of halogens is 1. The monoisotopic (exact) mass is 563 g/mol. The molecule has 0 bridgehead atoms. The van der Waals surface area contributed by atoms with E-state index in [1.807, 2.05) is 12.1 Å². The molecule has 1 aromatic carbocycles. The molecular weight excluding hydrogens is 526 g/mol. The maximum atomic E-state index is 10.8. The lowest BCUT2D eigenvalue weighted by atomic mass is 10.1. The lowest BCUT2D eigenvalue weighted by Crippen LogP contribution is -2.41. The van der Waals surface area contributed by atoms with E-state index in [-0.39, 0.29) is 19.4 Å². The molecule has 0 unspecified atom stereocenters. The third-order valence-electron chi connectivity index (χ3n) is 6.47. The van der Waals surface area contributed by atoms with Crippen molar-refractivity contribution in [3.63, 3.8) is 0 Å². The number of nitrogen functional groups attached to an aromatic ring is 1. The van der Waals surface area contributed by atoms with E-state index in [0.29, 0.717) is 24.3 Å². The highest BCUT2D eigenvalue weighted by molar-refractivity contribution is 6.30. The topological polar surface area (TPSA) is 183 Å². The summed E-state index contributed by atoms with van der Waals surface area (Å²) >= 11 is 5.96. The standard InChI is InChI=1S/C24H34ClN7O3.CO2.CH4/c25-17-8-6-16(7-9-17)5-2-1-3-11-31(12-4-10-26)13-18-20(33)21(34)24(35-18)32-15-30-19-22(27)28-14-29-23(19)32;2-1-3;/h6-9,14-15,18,20-21,24,33-34H,1-5,10-13,26H2,(H2,27,28,29);;1H4/t18-,20-,21-,24-;;/m1../s1. The van der Waals surface area contributed by atoms with Crippen molar-refractivity contribution >= 4 is 34.7 Å². The third kappa shape index (κ3) is 8.77. The molecule has 0 aliphatic carbocycles. The van der Waals surface area contributed by atoms with Crippen LogP contribution in [0.4, 0.5) is 5.82 Å². The van der Waals surface area contributed by atoms with Crippen LogP contribution in [0.15, 0.2) is 36.9 Å². The SMILES string of the molecule is C.NCCCN(CCCCCc1ccc(Cl)cc1)C[C@H]1O[C@@H](n2cnc3c(N)ncnc32)[C@H](O)[C@@H]1O.O=C=O. The first kappa shape index (κ1) is 32.3. The van der Waals surface area contributed by atoms with E-state index in [0.717, 1.165) is 50.2 Å². The number of aromatic nitrogens is 4. The highest BCUT2D eigenvalue weighted by Crippen LogP contribution is 2.32. The Morgan fingerprint density at radius 2 is 1.72 bits per heavy atom. The molecule has 2 aromatic heterocycles. The Bertz CT molecular complexity index is 1170. The summed E-state index contributed by atoms with van der Waals surface area (Å²) in [5, 5.41) is 22.3. The van der Waals surface area contributed by atoms with E-state index in [1.54, 1.807) is 4.57 Å². The number of anilines is 1. The van der Waals surface area contributed by atoms with Crippen LogP contribution in [-0.2, 0) is 20.7 Å². The zero-order valence-corrected chi connectivity index (χ0v) is 21.8. The zero-order valence-electron chi connectivity index (χ0n) is 21.0. The molecule has 0 saturated carbocycles. The molecule has 1 fully saturated rings. The van der Waals surface area contributed by atoms with E-state index in [1.165, 1.54) is 18.2 Å². The number of nitrogens with two attached hydrogens (primary N) is 2. The molecule has 6 N–H and O–H groups in total. The Kier molecular flexibility index (Phi) is 13.4. The molecule has 0 spiro atoms. The molecular formula is C26H38ClN7O5. The van der Waals surface area contributed by atoms with Crippen molar-refractivity contribution in [1.82, 2.24) is 24.4 Å². The van der Waals surface area contributed by atoms with Crippen LogP contribution in [0.1, 0.15) is 44.9 Å². The van der Waals surface area contributed by atoms with Crippen LogP contribution in [0.2, 0.25) is 5.02 Å². The van der Waals surface area contributed by atoms with Crippen molar-refractivity contribution < 1.29 is 24.5 Å². The van der Waals surface area contributed by atoms with Crippen molar-refractivity contribution in [1.29, 1.82) is 0 Å². The summed E-state index contributed by atoms with van der Waals surface area (Å²) in [6.07, 6.45) is 4.63. The van der Waals surface area contributed by atoms with Crippen LogP contribution < -0.4 is 11.5 Å². The molecule has 1 aliphatic heterocycles. The van der Waals surface area contributed by atoms with Crippen LogP contribution in [-0.4, -0.2) is 85.3 Å². The number of aryl methyl sites for hydroxylation is 1. The normalized spacial score (nSPS) is 20.3. The molecule has 1 saturated heterocycles. The summed E-state index contributed by atoms with van der Waals surface area (Å²) in [6, 6.07) is 7.99. The predicted octanol–water partition coefficient (Wildman–Crippen LogP) is 1.80. The minimum absolute atomic E-state index is 0. The van der Waals surface area contributed by atoms with Gasteiger partial charge in [0.25, 0.3) is 0 Å². The van der Waals surface area contributed by atoms with Gasteiger partial charge in [0.2, 0.25) is 0 Å². The van der Waals surface area contributed by atoms with Gasteiger partial charge in [-0.3, -0.25) is 4.57 Å². The summed E-state index contributed by atoms with van der Waals surface area (Å²) in [7, 11) is 0. The van der Waals surface area contributed by atoms with Gasteiger partial charge in [0.15, 0.2) is 17.7 Å². The maximum absolute atomic E-state index is 10.8. The number of aliphatic hydroxyl groups excluding tert-OH is 2. The fourth-order valence-corrected chi connectivity index (χ4v) is 4.65. The molecule has 3 aromatic rings. The summed E-state index contributed by atoms with van der Waals surface area (Å²) in [4.78, 5) is 30.9. The van der Waals surface area contributed by atoms with Crippen molar-refractivity contribution in [2.45, 2.75) is 64.1 Å². The lowest BCUT2D eigenvalue weighted by molar-refractivity contribution is -0.191. The Balaban J connectivity index is 0.00000127. The highest BCUT2D eigenvalue weighted by atomic mass is 35.5. The average Bonchev–Trinajstić information content (AvgIpc) is 3.45. The zero-order chi connectivity index (χ0) is 27.5. The minimum atomic E-state index is -1.12. The number of ether oxygens (including phenoxy) is 1. The third-order valence-corrected chi connectivity index (χ3v) is 6.72. The fourth-order valence-electron chi connectivity index (χ4n) is 4.52. The largest absolute Gasteiger partial charge is 0.387 e. The smallest absolute Gasteiger partial charge is 0.373 e. The molecule has 4 atom stereocenters. The number of carbonyl (C=O) groups excluding carboxylic acids is 2. The van der Waals surface area contributed by atoms with Gasteiger partial charge in [-0.1, -0.05) is 37.6 Å². The van der Waals surface area contributed by atoms with Crippen molar-refractivity contribution in [2.75, 3.05) is 31.9 Å². The minimum Gasteiger partial charge on any atom is -0.387 e. The number of benzene rings is 1. The Morgan fingerprint density at radius 3 is 2.41 bits per heavy atom. The van der Waals surface area contributed by atoms with E-state index in [4.69, 9.17) is 37.4 Å². The first-order valence-corrected chi connectivity index (χ1v) is 12.9. The Labute approximate surface area is 232 Å². The first-order valence-electron chi connectivity index (χ1n) is 12.5. The van der Waals surface area contributed by atoms with Crippen molar-refractivity contribution in [3.8, 4) is 0 Å². The second kappa shape index (κ2) is 16.2. The molecule has 0 amide bonds. The van der Waals surface area contributed by atoms with Gasteiger partial charge in [0.05, 0.1) is 6.33 Å². The predicted molar refractivity (Wildman–Crippen MR) is 147 cm³/mol.